The zero-order chi connectivity index (χ0) is 15.3. The highest BCUT2D eigenvalue weighted by Gasteiger charge is 2.16. The zero-order valence-corrected chi connectivity index (χ0v) is 13.0. The average molecular weight is 330 g/mol. The van der Waals surface area contributed by atoms with Gasteiger partial charge in [0, 0.05) is 37.6 Å². The van der Waals surface area contributed by atoms with Gasteiger partial charge in [-0.1, -0.05) is 11.6 Å². The third-order valence-corrected chi connectivity index (χ3v) is 4.43. The Morgan fingerprint density at radius 2 is 2.19 bits per heavy atom. The summed E-state index contributed by atoms with van der Waals surface area (Å²) >= 11 is 6.00. The van der Waals surface area contributed by atoms with Gasteiger partial charge >= 0.3 is 0 Å². The number of hydrogen-bond acceptors (Lipinski definition) is 5. The number of sulfonamides is 1. The van der Waals surface area contributed by atoms with Gasteiger partial charge in [-0.3, -0.25) is 0 Å². The Morgan fingerprint density at radius 1 is 1.38 bits per heavy atom. The van der Waals surface area contributed by atoms with Crippen LogP contribution in [0.25, 0.3) is 0 Å². The van der Waals surface area contributed by atoms with Crippen LogP contribution < -0.4 is 10.0 Å². The Bertz CT molecular complexity index is 688. The highest BCUT2D eigenvalue weighted by Crippen LogP contribution is 2.22. The standard InChI is InChI=1S/C12H16ClN5O2S/c1-2-15-12-11(13)5-10(7-16-12)21(19,20)18-4-3-9-6-14-8-17-9/h5-8,18H,2-4H2,1H3,(H,14,17)(H,15,16). The first-order valence-electron chi connectivity index (χ1n) is 6.39. The van der Waals surface area contributed by atoms with Gasteiger partial charge in [0.2, 0.25) is 10.0 Å². The van der Waals surface area contributed by atoms with Crippen LogP contribution in [0.5, 0.6) is 0 Å². The van der Waals surface area contributed by atoms with Crippen LogP contribution >= 0.6 is 11.6 Å². The van der Waals surface area contributed by atoms with Crippen molar-refractivity contribution in [2.75, 3.05) is 18.4 Å². The van der Waals surface area contributed by atoms with E-state index in [0.717, 1.165) is 5.69 Å². The Labute approximate surface area is 128 Å². The van der Waals surface area contributed by atoms with E-state index in [1.807, 2.05) is 6.92 Å². The van der Waals surface area contributed by atoms with E-state index in [2.05, 4.69) is 25.0 Å². The quantitative estimate of drug-likeness (QED) is 0.713. The van der Waals surface area contributed by atoms with E-state index in [0.29, 0.717) is 18.8 Å². The Balaban J connectivity index is 2.03. The van der Waals surface area contributed by atoms with Crippen LogP contribution in [-0.4, -0.2) is 36.5 Å². The molecule has 0 spiro atoms. The van der Waals surface area contributed by atoms with Crippen molar-refractivity contribution in [2.45, 2.75) is 18.2 Å². The molecule has 0 atom stereocenters. The van der Waals surface area contributed by atoms with Crippen LogP contribution in [0.1, 0.15) is 12.6 Å². The lowest BCUT2D eigenvalue weighted by atomic mass is 10.3. The molecule has 0 radical (unpaired) electrons. The van der Waals surface area contributed by atoms with Crippen molar-refractivity contribution >= 4 is 27.4 Å². The van der Waals surface area contributed by atoms with Gasteiger partial charge in [-0.25, -0.2) is 23.1 Å². The van der Waals surface area contributed by atoms with Crippen LogP contribution in [0, 0.1) is 0 Å². The fourth-order valence-corrected chi connectivity index (χ4v) is 2.99. The molecule has 0 aromatic carbocycles. The second kappa shape index (κ2) is 6.88. The lowest BCUT2D eigenvalue weighted by Gasteiger charge is -2.09. The molecular formula is C12H16ClN5O2S. The lowest BCUT2D eigenvalue weighted by Crippen LogP contribution is -2.26. The van der Waals surface area contributed by atoms with Gasteiger partial charge in [-0.05, 0) is 13.0 Å². The molecule has 0 saturated heterocycles. The molecule has 9 heteroatoms. The van der Waals surface area contributed by atoms with Gasteiger partial charge in [0.25, 0.3) is 0 Å². The van der Waals surface area contributed by atoms with Gasteiger partial charge in [0.1, 0.15) is 10.7 Å². The number of imidazole rings is 1. The van der Waals surface area contributed by atoms with E-state index in [4.69, 9.17) is 11.6 Å². The van der Waals surface area contributed by atoms with E-state index < -0.39 is 10.0 Å². The van der Waals surface area contributed by atoms with Crippen molar-refractivity contribution in [2.24, 2.45) is 0 Å². The van der Waals surface area contributed by atoms with Gasteiger partial charge < -0.3 is 10.3 Å². The summed E-state index contributed by atoms with van der Waals surface area (Å²) in [6.45, 7) is 2.82. The van der Waals surface area contributed by atoms with Crippen molar-refractivity contribution in [1.29, 1.82) is 0 Å². The predicted octanol–water partition coefficient (Wildman–Crippen LogP) is 1.41. The van der Waals surface area contributed by atoms with Crippen molar-refractivity contribution in [3.63, 3.8) is 0 Å². The van der Waals surface area contributed by atoms with E-state index in [-0.39, 0.29) is 16.5 Å². The minimum absolute atomic E-state index is 0.0405. The molecule has 7 nitrogen and oxygen atoms in total. The Morgan fingerprint density at radius 3 is 2.81 bits per heavy atom. The summed E-state index contributed by atoms with van der Waals surface area (Å²) in [6.07, 6.45) is 5.00. The minimum atomic E-state index is -3.63. The fourth-order valence-electron chi connectivity index (χ4n) is 1.69. The molecule has 3 N–H and O–H groups in total. The van der Waals surface area contributed by atoms with Gasteiger partial charge in [0.05, 0.1) is 11.3 Å². The second-order valence-corrected chi connectivity index (χ2v) is 6.43. The van der Waals surface area contributed by atoms with E-state index in [1.165, 1.54) is 12.3 Å². The number of aromatic amines is 1. The lowest BCUT2D eigenvalue weighted by molar-refractivity contribution is 0.581. The Kier molecular flexibility index (Phi) is 5.16. The maximum absolute atomic E-state index is 12.1. The number of nitrogens with one attached hydrogen (secondary N) is 3. The fraction of sp³-hybridized carbons (Fsp3) is 0.333. The summed E-state index contributed by atoms with van der Waals surface area (Å²) in [6, 6.07) is 1.38. The van der Waals surface area contributed by atoms with E-state index in [1.54, 1.807) is 12.5 Å². The molecule has 2 rings (SSSR count). The molecular weight excluding hydrogens is 314 g/mol. The molecule has 2 heterocycles. The van der Waals surface area contributed by atoms with Gasteiger partial charge in [-0.2, -0.15) is 0 Å². The SMILES string of the molecule is CCNc1ncc(S(=O)(=O)NCCc2cnc[nH]2)cc1Cl. The molecule has 0 fully saturated rings. The van der Waals surface area contributed by atoms with E-state index in [9.17, 15) is 8.42 Å². The number of hydrogen-bond donors (Lipinski definition) is 3. The summed E-state index contributed by atoms with van der Waals surface area (Å²) < 4.78 is 26.7. The van der Waals surface area contributed by atoms with Crippen molar-refractivity contribution in [3.8, 4) is 0 Å². The molecule has 0 bridgehead atoms. The van der Waals surface area contributed by atoms with Crippen LogP contribution in [0.4, 0.5) is 5.82 Å². The second-order valence-electron chi connectivity index (χ2n) is 4.26. The monoisotopic (exact) mass is 329 g/mol. The smallest absolute Gasteiger partial charge is 0.242 e. The minimum Gasteiger partial charge on any atom is -0.369 e. The van der Waals surface area contributed by atoms with Crippen LogP contribution in [0.3, 0.4) is 0 Å². The largest absolute Gasteiger partial charge is 0.369 e. The number of pyridine rings is 1. The van der Waals surface area contributed by atoms with Crippen LogP contribution in [0.2, 0.25) is 5.02 Å². The number of aromatic nitrogens is 3. The summed E-state index contributed by atoms with van der Waals surface area (Å²) in [5.41, 5.74) is 0.858. The Hall–Kier alpha value is -1.64. The average Bonchev–Trinajstić information content (AvgIpc) is 2.94. The molecule has 0 unspecified atom stereocenters. The number of rotatable bonds is 7. The number of anilines is 1. The normalized spacial score (nSPS) is 11.5. The predicted molar refractivity (Wildman–Crippen MR) is 80.9 cm³/mol. The van der Waals surface area contributed by atoms with Crippen molar-refractivity contribution in [1.82, 2.24) is 19.7 Å². The third-order valence-electron chi connectivity index (χ3n) is 2.71. The van der Waals surface area contributed by atoms with Crippen molar-refractivity contribution < 1.29 is 8.42 Å². The highest BCUT2D eigenvalue weighted by molar-refractivity contribution is 7.89. The molecule has 0 aliphatic rings. The molecule has 0 aliphatic heterocycles. The van der Waals surface area contributed by atoms with Gasteiger partial charge in [0.15, 0.2) is 0 Å². The van der Waals surface area contributed by atoms with E-state index >= 15 is 0 Å². The molecule has 21 heavy (non-hydrogen) atoms. The van der Waals surface area contributed by atoms with Crippen LogP contribution in [0.15, 0.2) is 29.7 Å². The van der Waals surface area contributed by atoms with Crippen molar-refractivity contribution in [3.05, 3.63) is 35.5 Å². The number of halogens is 1. The summed E-state index contributed by atoms with van der Waals surface area (Å²) in [5.74, 6) is 0.468. The first-order chi connectivity index (χ1) is 10.0. The third kappa shape index (κ3) is 4.16. The highest BCUT2D eigenvalue weighted by atomic mass is 35.5. The molecule has 2 aromatic heterocycles. The molecule has 0 amide bonds. The topological polar surface area (TPSA) is 99.8 Å². The molecule has 0 saturated carbocycles. The number of H-pyrrole nitrogens is 1. The van der Waals surface area contributed by atoms with Gasteiger partial charge in [-0.15, -0.1) is 0 Å². The first-order valence-corrected chi connectivity index (χ1v) is 8.25. The molecule has 2 aromatic rings. The zero-order valence-electron chi connectivity index (χ0n) is 11.4. The first kappa shape index (κ1) is 15.7. The van der Waals surface area contributed by atoms with Crippen LogP contribution in [-0.2, 0) is 16.4 Å². The maximum Gasteiger partial charge on any atom is 0.242 e. The summed E-state index contributed by atoms with van der Waals surface area (Å²) in [4.78, 5) is 10.8. The summed E-state index contributed by atoms with van der Waals surface area (Å²) in [5, 5.41) is 3.22. The molecule has 114 valence electrons. The molecule has 0 aliphatic carbocycles. The summed E-state index contributed by atoms with van der Waals surface area (Å²) in [7, 11) is -3.63. The maximum atomic E-state index is 12.1. The number of nitrogens with zero attached hydrogens (tertiary/aromatic N) is 2.